The molecule has 0 unspecified atom stereocenters. The molecular formula is C12H18N2O6S. The summed E-state index contributed by atoms with van der Waals surface area (Å²) in [5.74, 6) is -2.94. The number of amides is 1. The van der Waals surface area contributed by atoms with Crippen molar-refractivity contribution < 1.29 is 29.4 Å². The lowest BCUT2D eigenvalue weighted by Gasteiger charge is -2.13. The highest BCUT2D eigenvalue weighted by Crippen LogP contribution is 2.19. The summed E-state index contributed by atoms with van der Waals surface area (Å²) in [7, 11) is 0. The summed E-state index contributed by atoms with van der Waals surface area (Å²) in [5.41, 5.74) is 5.30. The number of thioether (sulfide) groups is 1. The standard InChI is InChI=1S/C12H18N2O6S/c13-8(11(17)18)2-1-7(15)3-6-4-21-5-9(12(19)20)14-10(6)16/h6,8-9H,1-5,13H2,(H,14,16)(H,17,18)(H,19,20)/t6-,8+,9-/m1/s1. The maximum atomic E-state index is 11.9. The zero-order chi connectivity index (χ0) is 16.0. The number of carboxylic acids is 2. The largest absolute Gasteiger partial charge is 0.480 e. The Morgan fingerprint density at radius 1 is 1.33 bits per heavy atom. The van der Waals surface area contributed by atoms with E-state index in [-0.39, 0.29) is 30.8 Å². The van der Waals surface area contributed by atoms with Crippen molar-refractivity contribution in [1.82, 2.24) is 5.32 Å². The lowest BCUT2D eigenvalue weighted by molar-refractivity contribution is -0.141. The second-order valence-corrected chi connectivity index (χ2v) is 5.93. The predicted molar refractivity (Wildman–Crippen MR) is 74.9 cm³/mol. The Balaban J connectivity index is 2.46. The van der Waals surface area contributed by atoms with Gasteiger partial charge in [-0.05, 0) is 6.42 Å². The molecule has 0 spiro atoms. The molecule has 1 aliphatic heterocycles. The molecule has 3 atom stereocenters. The fourth-order valence-corrected chi connectivity index (χ4v) is 2.99. The first-order valence-electron chi connectivity index (χ1n) is 6.42. The molecule has 1 saturated heterocycles. The van der Waals surface area contributed by atoms with E-state index >= 15 is 0 Å². The van der Waals surface area contributed by atoms with E-state index in [1.54, 1.807) is 0 Å². The number of aliphatic carboxylic acids is 2. The summed E-state index contributed by atoms with van der Waals surface area (Å²) in [6, 6.07) is -2.04. The van der Waals surface area contributed by atoms with E-state index in [0.717, 1.165) is 0 Å². The Morgan fingerprint density at radius 2 is 2.00 bits per heavy atom. The average molecular weight is 318 g/mol. The number of carboxylic acid groups (broad SMARTS) is 2. The van der Waals surface area contributed by atoms with E-state index in [2.05, 4.69) is 5.32 Å². The van der Waals surface area contributed by atoms with Crippen molar-refractivity contribution in [3.63, 3.8) is 0 Å². The van der Waals surface area contributed by atoms with Crippen LogP contribution >= 0.6 is 11.8 Å². The van der Waals surface area contributed by atoms with Crippen molar-refractivity contribution in [2.24, 2.45) is 11.7 Å². The molecule has 1 fully saturated rings. The van der Waals surface area contributed by atoms with Crippen molar-refractivity contribution in [3.05, 3.63) is 0 Å². The molecule has 0 aromatic carbocycles. The van der Waals surface area contributed by atoms with E-state index in [1.165, 1.54) is 11.8 Å². The van der Waals surface area contributed by atoms with Gasteiger partial charge in [-0.1, -0.05) is 0 Å². The van der Waals surface area contributed by atoms with Crippen molar-refractivity contribution >= 4 is 35.4 Å². The summed E-state index contributed by atoms with van der Waals surface area (Å²) in [6.07, 6.45) is -0.0187. The lowest BCUT2D eigenvalue weighted by atomic mass is 9.99. The summed E-state index contributed by atoms with van der Waals surface area (Å²) >= 11 is 1.30. The molecule has 0 bridgehead atoms. The molecule has 8 nitrogen and oxygen atoms in total. The maximum Gasteiger partial charge on any atom is 0.327 e. The number of nitrogens with one attached hydrogen (secondary N) is 1. The molecule has 0 aromatic rings. The van der Waals surface area contributed by atoms with Crippen LogP contribution in [0.3, 0.4) is 0 Å². The summed E-state index contributed by atoms with van der Waals surface area (Å²) < 4.78 is 0. The van der Waals surface area contributed by atoms with Crippen LogP contribution in [0.1, 0.15) is 19.3 Å². The molecule has 0 aliphatic carbocycles. The molecule has 118 valence electrons. The quantitative estimate of drug-likeness (QED) is 0.471. The minimum Gasteiger partial charge on any atom is -0.480 e. The molecule has 0 saturated carbocycles. The van der Waals surface area contributed by atoms with Crippen LogP contribution in [0.5, 0.6) is 0 Å². The zero-order valence-corrected chi connectivity index (χ0v) is 12.1. The van der Waals surface area contributed by atoms with Gasteiger partial charge in [-0.15, -0.1) is 0 Å². The molecule has 0 aromatic heterocycles. The van der Waals surface area contributed by atoms with Gasteiger partial charge in [0.1, 0.15) is 17.9 Å². The fraction of sp³-hybridized carbons (Fsp3) is 0.667. The molecule has 1 heterocycles. The van der Waals surface area contributed by atoms with Gasteiger partial charge in [0.15, 0.2) is 0 Å². The molecule has 21 heavy (non-hydrogen) atoms. The van der Waals surface area contributed by atoms with Crippen LogP contribution in [0, 0.1) is 5.92 Å². The molecule has 5 N–H and O–H groups in total. The fourth-order valence-electron chi connectivity index (χ4n) is 1.84. The van der Waals surface area contributed by atoms with E-state index < -0.39 is 35.8 Å². The van der Waals surface area contributed by atoms with Gasteiger partial charge < -0.3 is 21.3 Å². The number of carbonyl (C=O) groups excluding carboxylic acids is 2. The Labute approximate surface area is 125 Å². The number of nitrogens with two attached hydrogens (primary N) is 1. The Bertz CT molecular complexity index is 441. The van der Waals surface area contributed by atoms with Crippen LogP contribution < -0.4 is 11.1 Å². The third kappa shape index (κ3) is 5.72. The van der Waals surface area contributed by atoms with E-state index in [1.807, 2.05) is 0 Å². The molecule has 1 rings (SSSR count). The van der Waals surface area contributed by atoms with Gasteiger partial charge in [0, 0.05) is 24.3 Å². The van der Waals surface area contributed by atoms with Gasteiger partial charge in [0.05, 0.1) is 5.92 Å². The summed E-state index contributed by atoms with van der Waals surface area (Å²) in [6.45, 7) is 0. The Morgan fingerprint density at radius 3 is 2.57 bits per heavy atom. The highest BCUT2D eigenvalue weighted by Gasteiger charge is 2.30. The number of hydrogen-bond donors (Lipinski definition) is 4. The number of Topliss-reactive ketones (excluding diaryl/α,β-unsaturated/α-hetero) is 1. The monoisotopic (exact) mass is 318 g/mol. The molecular weight excluding hydrogens is 300 g/mol. The van der Waals surface area contributed by atoms with Gasteiger partial charge in [-0.25, -0.2) is 4.79 Å². The average Bonchev–Trinajstić information content (AvgIpc) is 2.58. The van der Waals surface area contributed by atoms with Crippen LogP contribution in [0.15, 0.2) is 0 Å². The Hall–Kier alpha value is -1.61. The Kier molecular flexibility index (Phi) is 6.63. The SMILES string of the molecule is N[C@@H](CCC(=O)C[C@@H]1CSC[C@H](C(=O)O)NC1=O)C(=O)O. The third-order valence-corrected chi connectivity index (χ3v) is 4.32. The number of hydrogen-bond acceptors (Lipinski definition) is 6. The van der Waals surface area contributed by atoms with Crippen molar-refractivity contribution in [2.75, 3.05) is 11.5 Å². The van der Waals surface area contributed by atoms with Gasteiger partial charge in [-0.3, -0.25) is 14.4 Å². The molecule has 9 heteroatoms. The van der Waals surface area contributed by atoms with Gasteiger partial charge in [0.2, 0.25) is 5.91 Å². The van der Waals surface area contributed by atoms with Crippen molar-refractivity contribution in [3.8, 4) is 0 Å². The molecule has 0 radical (unpaired) electrons. The first kappa shape index (κ1) is 17.4. The van der Waals surface area contributed by atoms with Crippen LogP contribution in [0.2, 0.25) is 0 Å². The first-order chi connectivity index (χ1) is 9.81. The maximum absolute atomic E-state index is 11.9. The van der Waals surface area contributed by atoms with Gasteiger partial charge >= 0.3 is 11.9 Å². The third-order valence-electron chi connectivity index (χ3n) is 3.11. The zero-order valence-electron chi connectivity index (χ0n) is 11.3. The number of rotatable bonds is 7. The van der Waals surface area contributed by atoms with Gasteiger partial charge in [0.25, 0.3) is 0 Å². The highest BCUT2D eigenvalue weighted by molar-refractivity contribution is 7.99. The van der Waals surface area contributed by atoms with Crippen LogP contribution in [0.4, 0.5) is 0 Å². The summed E-state index contributed by atoms with van der Waals surface area (Å²) in [5, 5.41) is 19.9. The second kappa shape index (κ2) is 7.99. The second-order valence-electron chi connectivity index (χ2n) is 4.86. The lowest BCUT2D eigenvalue weighted by Crippen LogP contribution is -2.43. The smallest absolute Gasteiger partial charge is 0.327 e. The first-order valence-corrected chi connectivity index (χ1v) is 7.57. The van der Waals surface area contributed by atoms with Crippen molar-refractivity contribution in [1.29, 1.82) is 0 Å². The van der Waals surface area contributed by atoms with Crippen LogP contribution in [-0.2, 0) is 19.2 Å². The molecule has 1 aliphatic rings. The number of ketones is 1. The normalized spacial score (nSPS) is 23.8. The van der Waals surface area contributed by atoms with Crippen molar-refractivity contribution in [2.45, 2.75) is 31.3 Å². The van der Waals surface area contributed by atoms with E-state index in [9.17, 15) is 19.2 Å². The summed E-state index contributed by atoms with van der Waals surface area (Å²) in [4.78, 5) is 45.0. The minimum atomic E-state index is -1.17. The van der Waals surface area contributed by atoms with E-state index in [0.29, 0.717) is 5.75 Å². The van der Waals surface area contributed by atoms with Crippen LogP contribution in [-0.4, -0.2) is 57.4 Å². The topological polar surface area (TPSA) is 147 Å². The van der Waals surface area contributed by atoms with E-state index in [4.69, 9.17) is 15.9 Å². The minimum absolute atomic E-state index is 0.00965. The van der Waals surface area contributed by atoms with Gasteiger partial charge in [-0.2, -0.15) is 11.8 Å². The highest BCUT2D eigenvalue weighted by atomic mass is 32.2. The van der Waals surface area contributed by atoms with Crippen LogP contribution in [0.25, 0.3) is 0 Å². The molecule has 1 amide bonds. The number of carbonyl (C=O) groups is 4. The predicted octanol–water partition coefficient (Wildman–Crippen LogP) is -0.930.